The molecule has 21 heavy (non-hydrogen) atoms. The lowest BCUT2D eigenvalue weighted by atomic mass is 10.2. The fraction of sp³-hybridized carbons (Fsp3) is 0.333. The van der Waals surface area contributed by atoms with Crippen LogP contribution in [0.3, 0.4) is 0 Å². The molecule has 1 aromatic carbocycles. The van der Waals surface area contributed by atoms with Crippen molar-refractivity contribution in [3.05, 3.63) is 48.3 Å². The number of likely N-dealkylation sites (N-methyl/N-ethyl adjacent to an activating group) is 1. The predicted molar refractivity (Wildman–Crippen MR) is 80.4 cm³/mol. The largest absolute Gasteiger partial charge is 0.383 e. The third-order valence-corrected chi connectivity index (χ3v) is 3.09. The Morgan fingerprint density at radius 3 is 2.81 bits per heavy atom. The third kappa shape index (κ3) is 3.90. The Morgan fingerprint density at radius 1 is 1.43 bits per heavy atom. The Hall–Kier alpha value is -2.18. The van der Waals surface area contributed by atoms with Gasteiger partial charge in [0.1, 0.15) is 0 Å². The van der Waals surface area contributed by atoms with E-state index in [9.17, 15) is 4.79 Å². The second-order valence-electron chi connectivity index (χ2n) is 4.91. The van der Waals surface area contributed by atoms with E-state index >= 15 is 0 Å². The second-order valence-corrected chi connectivity index (χ2v) is 4.91. The number of benzene rings is 1. The summed E-state index contributed by atoms with van der Waals surface area (Å²) in [7, 11) is 3.31. The Kier molecular flexibility index (Phi) is 5.08. The van der Waals surface area contributed by atoms with Gasteiger partial charge in [-0.2, -0.15) is 5.10 Å². The molecule has 112 valence electrons. The molecule has 0 bridgehead atoms. The highest BCUT2D eigenvalue weighted by atomic mass is 16.5. The highest BCUT2D eigenvalue weighted by Gasteiger charge is 2.16. The van der Waals surface area contributed by atoms with Gasteiger partial charge < -0.3 is 15.4 Å². The van der Waals surface area contributed by atoms with Crippen LogP contribution in [0.5, 0.6) is 0 Å². The number of ether oxygens (including phenoxy) is 1. The zero-order chi connectivity index (χ0) is 15.2. The van der Waals surface area contributed by atoms with Crippen LogP contribution in [0.1, 0.15) is 10.4 Å². The lowest BCUT2D eigenvalue weighted by Crippen LogP contribution is -2.41. The molecule has 1 unspecified atom stereocenters. The van der Waals surface area contributed by atoms with Crippen LogP contribution in [0, 0.1) is 0 Å². The number of carbonyl (C=O) groups is 1. The first-order chi connectivity index (χ1) is 10.1. The van der Waals surface area contributed by atoms with Crippen molar-refractivity contribution < 1.29 is 9.53 Å². The van der Waals surface area contributed by atoms with Crippen molar-refractivity contribution in [2.45, 2.75) is 6.04 Å². The molecule has 2 aromatic rings. The van der Waals surface area contributed by atoms with E-state index in [0.29, 0.717) is 18.7 Å². The highest BCUT2D eigenvalue weighted by Crippen LogP contribution is 2.09. The average molecular weight is 288 g/mol. The first kappa shape index (κ1) is 15.2. The van der Waals surface area contributed by atoms with Crippen LogP contribution in [0.2, 0.25) is 0 Å². The third-order valence-electron chi connectivity index (χ3n) is 3.09. The zero-order valence-corrected chi connectivity index (χ0v) is 12.3. The molecule has 0 aliphatic heterocycles. The molecule has 0 aliphatic carbocycles. The molecule has 2 rings (SSSR count). The highest BCUT2D eigenvalue weighted by molar-refractivity contribution is 5.93. The quantitative estimate of drug-likeness (QED) is 0.858. The minimum Gasteiger partial charge on any atom is -0.383 e. The molecule has 0 radical (unpaired) electrons. The smallest absolute Gasteiger partial charge is 0.256 e. The van der Waals surface area contributed by atoms with E-state index in [2.05, 4.69) is 5.10 Å². The Labute approximate surface area is 124 Å². The summed E-state index contributed by atoms with van der Waals surface area (Å²) in [4.78, 5) is 13.9. The molecule has 1 amide bonds. The van der Waals surface area contributed by atoms with Crippen LogP contribution < -0.4 is 5.73 Å². The van der Waals surface area contributed by atoms with Gasteiger partial charge in [-0.15, -0.1) is 0 Å². The number of aromatic nitrogens is 2. The standard InChI is InChI=1S/C15H20N4O2/c1-18(10-13(16)11-21-2)15(20)12-8-17-19(9-12)14-6-4-3-5-7-14/h3-9,13H,10-11,16H2,1-2H3. The minimum absolute atomic E-state index is 0.108. The van der Waals surface area contributed by atoms with Gasteiger partial charge >= 0.3 is 0 Å². The molecule has 0 aliphatic rings. The van der Waals surface area contributed by atoms with Gasteiger partial charge in [0.05, 0.1) is 24.1 Å². The monoisotopic (exact) mass is 288 g/mol. The van der Waals surface area contributed by atoms with E-state index < -0.39 is 0 Å². The fourth-order valence-electron chi connectivity index (χ4n) is 2.08. The molecule has 1 atom stereocenters. The van der Waals surface area contributed by atoms with Gasteiger partial charge in [-0.1, -0.05) is 18.2 Å². The Balaban J connectivity index is 2.05. The normalized spacial score (nSPS) is 12.1. The molecule has 0 saturated heterocycles. The van der Waals surface area contributed by atoms with E-state index in [1.807, 2.05) is 30.3 Å². The number of carbonyl (C=O) groups excluding carboxylic acids is 1. The van der Waals surface area contributed by atoms with Crippen LogP contribution in [0.4, 0.5) is 0 Å². The number of nitrogens with two attached hydrogens (primary N) is 1. The summed E-state index contributed by atoms with van der Waals surface area (Å²) in [6, 6.07) is 9.44. The Bertz CT molecular complexity index is 582. The Morgan fingerprint density at radius 2 is 2.14 bits per heavy atom. The summed E-state index contributed by atoms with van der Waals surface area (Å²) in [5, 5.41) is 4.22. The van der Waals surface area contributed by atoms with E-state index in [-0.39, 0.29) is 11.9 Å². The van der Waals surface area contributed by atoms with Crippen LogP contribution >= 0.6 is 0 Å². The summed E-state index contributed by atoms with van der Waals surface area (Å²) in [6.45, 7) is 0.851. The maximum Gasteiger partial charge on any atom is 0.256 e. The first-order valence-corrected chi connectivity index (χ1v) is 6.72. The van der Waals surface area contributed by atoms with Gasteiger partial charge in [-0.25, -0.2) is 4.68 Å². The number of nitrogens with zero attached hydrogens (tertiary/aromatic N) is 3. The summed E-state index contributed by atoms with van der Waals surface area (Å²) in [5.41, 5.74) is 7.30. The number of amides is 1. The van der Waals surface area contributed by atoms with E-state index in [1.165, 1.54) is 0 Å². The van der Waals surface area contributed by atoms with E-state index in [4.69, 9.17) is 10.5 Å². The van der Waals surface area contributed by atoms with E-state index in [1.54, 1.807) is 36.1 Å². The fourth-order valence-corrected chi connectivity index (χ4v) is 2.08. The maximum atomic E-state index is 12.3. The van der Waals surface area contributed by atoms with Crippen LogP contribution in [-0.2, 0) is 4.74 Å². The van der Waals surface area contributed by atoms with Crippen molar-refractivity contribution in [2.24, 2.45) is 5.73 Å². The minimum atomic E-state index is -0.201. The van der Waals surface area contributed by atoms with Crippen molar-refractivity contribution in [1.82, 2.24) is 14.7 Å². The molecule has 2 N–H and O–H groups in total. The van der Waals surface area contributed by atoms with Gasteiger partial charge in [0, 0.05) is 32.9 Å². The van der Waals surface area contributed by atoms with Crippen molar-refractivity contribution in [2.75, 3.05) is 27.3 Å². The van der Waals surface area contributed by atoms with Crippen molar-refractivity contribution in [1.29, 1.82) is 0 Å². The topological polar surface area (TPSA) is 73.4 Å². The number of hydrogen-bond donors (Lipinski definition) is 1. The molecule has 0 spiro atoms. The number of para-hydroxylation sites is 1. The van der Waals surface area contributed by atoms with Gasteiger partial charge in [0.2, 0.25) is 0 Å². The summed E-state index contributed by atoms with van der Waals surface area (Å²) >= 11 is 0. The van der Waals surface area contributed by atoms with Crippen LogP contribution in [-0.4, -0.2) is 53.9 Å². The first-order valence-electron chi connectivity index (χ1n) is 6.72. The molecule has 6 heteroatoms. The number of hydrogen-bond acceptors (Lipinski definition) is 4. The molecule has 0 fully saturated rings. The van der Waals surface area contributed by atoms with E-state index in [0.717, 1.165) is 5.69 Å². The number of methoxy groups -OCH3 is 1. The summed E-state index contributed by atoms with van der Waals surface area (Å²) in [5.74, 6) is -0.108. The SMILES string of the molecule is COCC(N)CN(C)C(=O)c1cnn(-c2ccccc2)c1. The molecular formula is C15H20N4O2. The van der Waals surface area contributed by atoms with Crippen LogP contribution in [0.25, 0.3) is 5.69 Å². The average Bonchev–Trinajstić information content (AvgIpc) is 2.97. The maximum absolute atomic E-state index is 12.3. The lowest BCUT2D eigenvalue weighted by Gasteiger charge is -2.20. The van der Waals surface area contributed by atoms with Gasteiger partial charge in [-0.05, 0) is 12.1 Å². The summed E-state index contributed by atoms with van der Waals surface area (Å²) < 4.78 is 6.65. The molecular weight excluding hydrogens is 268 g/mol. The van der Waals surface area contributed by atoms with Gasteiger partial charge in [0.25, 0.3) is 5.91 Å². The molecule has 0 saturated carbocycles. The number of rotatable bonds is 6. The van der Waals surface area contributed by atoms with Crippen molar-refractivity contribution >= 4 is 5.91 Å². The molecule has 1 aromatic heterocycles. The summed E-state index contributed by atoms with van der Waals surface area (Å²) in [6.07, 6.45) is 3.28. The van der Waals surface area contributed by atoms with Crippen molar-refractivity contribution in [3.8, 4) is 5.69 Å². The van der Waals surface area contributed by atoms with Crippen molar-refractivity contribution in [3.63, 3.8) is 0 Å². The lowest BCUT2D eigenvalue weighted by molar-refractivity contribution is 0.0764. The molecule has 6 nitrogen and oxygen atoms in total. The second kappa shape index (κ2) is 7.01. The zero-order valence-electron chi connectivity index (χ0n) is 12.3. The predicted octanol–water partition coefficient (Wildman–Crippen LogP) is 0.918. The van der Waals surface area contributed by atoms with Crippen LogP contribution in [0.15, 0.2) is 42.7 Å². The van der Waals surface area contributed by atoms with Gasteiger partial charge in [0.15, 0.2) is 0 Å². The van der Waals surface area contributed by atoms with Gasteiger partial charge in [-0.3, -0.25) is 4.79 Å². The molecule has 1 heterocycles.